The summed E-state index contributed by atoms with van der Waals surface area (Å²) in [5.74, 6) is 0.800. The lowest BCUT2D eigenvalue weighted by Crippen LogP contribution is -2.46. The summed E-state index contributed by atoms with van der Waals surface area (Å²) >= 11 is 0. The van der Waals surface area contributed by atoms with E-state index in [4.69, 9.17) is 10.5 Å². The van der Waals surface area contributed by atoms with Crippen LogP contribution in [-0.2, 0) is 0 Å². The highest BCUT2D eigenvalue weighted by Gasteiger charge is 2.16. The number of urea groups is 1. The van der Waals surface area contributed by atoms with E-state index in [9.17, 15) is 4.79 Å². The summed E-state index contributed by atoms with van der Waals surface area (Å²) in [7, 11) is 0. The number of nitrogens with one attached hydrogen (secondary N) is 1. The highest BCUT2D eigenvalue weighted by atomic mass is 16.5. The first-order chi connectivity index (χ1) is 13.1. The number of nitrogens with zero attached hydrogens (tertiary/aromatic N) is 2. The number of primary amides is 1. The van der Waals surface area contributed by atoms with Gasteiger partial charge in [0.2, 0.25) is 0 Å². The summed E-state index contributed by atoms with van der Waals surface area (Å²) < 4.78 is 5.78. The third-order valence-electron chi connectivity index (χ3n) is 4.78. The van der Waals surface area contributed by atoms with Crippen LogP contribution in [0.4, 0.5) is 16.2 Å². The monoisotopic (exact) mass is 368 g/mol. The smallest absolute Gasteiger partial charge is 0.316 e. The van der Waals surface area contributed by atoms with Gasteiger partial charge >= 0.3 is 6.03 Å². The van der Waals surface area contributed by atoms with Crippen molar-refractivity contribution in [1.82, 2.24) is 4.90 Å². The summed E-state index contributed by atoms with van der Waals surface area (Å²) in [6.45, 7) is 8.15. The zero-order valence-electron chi connectivity index (χ0n) is 15.9. The average molecular weight is 368 g/mol. The average Bonchev–Trinajstić information content (AvgIpc) is 2.67. The second-order valence-electron chi connectivity index (χ2n) is 6.88. The van der Waals surface area contributed by atoms with E-state index in [1.165, 1.54) is 11.3 Å². The number of benzene rings is 2. The molecule has 3 rings (SSSR count). The number of hydrogen-bond acceptors (Lipinski definition) is 4. The van der Waals surface area contributed by atoms with Gasteiger partial charge in [-0.1, -0.05) is 17.7 Å². The molecular weight excluding hydrogens is 340 g/mol. The molecule has 0 unspecified atom stereocenters. The summed E-state index contributed by atoms with van der Waals surface area (Å²) in [5, 5.41) is 2.53. The number of piperazine rings is 1. The molecule has 0 atom stereocenters. The molecule has 6 nitrogen and oxygen atoms in total. The molecule has 1 saturated heterocycles. The van der Waals surface area contributed by atoms with Gasteiger partial charge in [-0.2, -0.15) is 0 Å². The number of amides is 2. The third-order valence-corrected chi connectivity index (χ3v) is 4.78. The number of carbonyl (C=O) groups is 1. The Labute approximate surface area is 160 Å². The number of rotatable bonds is 7. The Morgan fingerprint density at radius 2 is 1.70 bits per heavy atom. The second kappa shape index (κ2) is 9.28. The van der Waals surface area contributed by atoms with Crippen LogP contribution in [0.1, 0.15) is 12.0 Å². The molecule has 1 aliphatic rings. The van der Waals surface area contributed by atoms with E-state index in [2.05, 4.69) is 46.3 Å². The standard InChI is InChI=1S/C21H28N4O2/c1-17-3-7-19(8-4-17)25-14-12-24(13-15-25)11-2-16-27-20-9-5-18(6-10-20)23-21(22)26/h3-10H,2,11-16H2,1H3,(H3,22,23,26). The fraction of sp³-hybridized carbons (Fsp3) is 0.381. The second-order valence-corrected chi connectivity index (χ2v) is 6.88. The molecule has 0 bridgehead atoms. The molecule has 1 aliphatic heterocycles. The molecule has 2 aromatic rings. The molecule has 0 spiro atoms. The Morgan fingerprint density at radius 1 is 1.04 bits per heavy atom. The van der Waals surface area contributed by atoms with E-state index < -0.39 is 6.03 Å². The van der Waals surface area contributed by atoms with Crippen molar-refractivity contribution < 1.29 is 9.53 Å². The maximum Gasteiger partial charge on any atom is 0.316 e. The normalized spacial score (nSPS) is 14.8. The summed E-state index contributed by atoms with van der Waals surface area (Å²) in [5.41, 5.74) is 8.38. The molecule has 3 N–H and O–H groups in total. The first-order valence-electron chi connectivity index (χ1n) is 9.43. The number of ether oxygens (including phenoxy) is 1. The largest absolute Gasteiger partial charge is 0.494 e. The first kappa shape index (κ1) is 19.0. The van der Waals surface area contributed by atoms with E-state index in [1.807, 2.05) is 12.1 Å². The lowest BCUT2D eigenvalue weighted by molar-refractivity contribution is 0.225. The van der Waals surface area contributed by atoms with Crippen LogP contribution in [-0.4, -0.2) is 50.3 Å². The molecule has 2 aromatic carbocycles. The molecule has 6 heteroatoms. The molecule has 1 heterocycles. The number of carbonyl (C=O) groups excluding carboxylic acids is 1. The van der Waals surface area contributed by atoms with Gasteiger partial charge in [0.1, 0.15) is 5.75 Å². The Bertz CT molecular complexity index is 723. The van der Waals surface area contributed by atoms with Gasteiger partial charge < -0.3 is 20.7 Å². The Hall–Kier alpha value is -2.73. The zero-order chi connectivity index (χ0) is 19.1. The van der Waals surface area contributed by atoms with Crippen molar-refractivity contribution in [2.45, 2.75) is 13.3 Å². The van der Waals surface area contributed by atoms with Crippen LogP contribution < -0.4 is 20.7 Å². The quantitative estimate of drug-likeness (QED) is 0.737. The van der Waals surface area contributed by atoms with Crippen LogP contribution in [0.5, 0.6) is 5.75 Å². The van der Waals surface area contributed by atoms with Gasteiger partial charge in [0, 0.05) is 44.1 Å². The maximum absolute atomic E-state index is 10.8. The molecule has 27 heavy (non-hydrogen) atoms. The minimum Gasteiger partial charge on any atom is -0.494 e. The van der Waals surface area contributed by atoms with Gasteiger partial charge in [-0.05, 0) is 49.7 Å². The lowest BCUT2D eigenvalue weighted by Gasteiger charge is -2.36. The van der Waals surface area contributed by atoms with Crippen molar-refractivity contribution in [3.63, 3.8) is 0 Å². The van der Waals surface area contributed by atoms with Crippen molar-refractivity contribution in [3.05, 3.63) is 54.1 Å². The summed E-state index contributed by atoms with van der Waals surface area (Å²) in [4.78, 5) is 15.7. The van der Waals surface area contributed by atoms with Crippen molar-refractivity contribution >= 4 is 17.4 Å². The lowest BCUT2D eigenvalue weighted by atomic mass is 10.2. The van der Waals surface area contributed by atoms with E-state index in [-0.39, 0.29) is 0 Å². The summed E-state index contributed by atoms with van der Waals surface area (Å²) in [6.07, 6.45) is 0.992. The van der Waals surface area contributed by atoms with Crippen LogP contribution >= 0.6 is 0 Å². The topological polar surface area (TPSA) is 70.8 Å². The van der Waals surface area contributed by atoms with Crippen LogP contribution in [0.2, 0.25) is 0 Å². The van der Waals surface area contributed by atoms with Gasteiger partial charge in [0.25, 0.3) is 0 Å². The molecule has 0 saturated carbocycles. The number of nitrogens with two attached hydrogens (primary N) is 1. The molecule has 1 fully saturated rings. The highest BCUT2D eigenvalue weighted by molar-refractivity contribution is 5.87. The number of anilines is 2. The van der Waals surface area contributed by atoms with Crippen molar-refractivity contribution in [2.24, 2.45) is 5.73 Å². The van der Waals surface area contributed by atoms with Crippen LogP contribution in [0.15, 0.2) is 48.5 Å². The van der Waals surface area contributed by atoms with E-state index in [0.29, 0.717) is 12.3 Å². The van der Waals surface area contributed by atoms with Gasteiger partial charge in [-0.3, -0.25) is 4.90 Å². The predicted octanol–water partition coefficient (Wildman–Crippen LogP) is 3.08. The molecular formula is C21H28N4O2. The Balaban J connectivity index is 1.33. The van der Waals surface area contributed by atoms with Gasteiger partial charge in [0.05, 0.1) is 6.61 Å². The van der Waals surface area contributed by atoms with Gasteiger partial charge in [-0.15, -0.1) is 0 Å². The first-order valence-corrected chi connectivity index (χ1v) is 9.43. The molecule has 0 aliphatic carbocycles. The highest BCUT2D eigenvalue weighted by Crippen LogP contribution is 2.18. The zero-order valence-corrected chi connectivity index (χ0v) is 15.9. The van der Waals surface area contributed by atoms with Crippen molar-refractivity contribution in [2.75, 3.05) is 49.5 Å². The molecule has 2 amide bonds. The minimum atomic E-state index is -0.564. The van der Waals surface area contributed by atoms with E-state index in [1.54, 1.807) is 12.1 Å². The molecule has 144 valence electrons. The van der Waals surface area contributed by atoms with E-state index >= 15 is 0 Å². The van der Waals surface area contributed by atoms with Crippen LogP contribution in [0, 0.1) is 6.92 Å². The minimum absolute atomic E-state index is 0.564. The van der Waals surface area contributed by atoms with Crippen molar-refractivity contribution in [3.8, 4) is 5.75 Å². The molecule has 0 aromatic heterocycles. The van der Waals surface area contributed by atoms with Crippen molar-refractivity contribution in [1.29, 1.82) is 0 Å². The van der Waals surface area contributed by atoms with E-state index in [0.717, 1.165) is 44.9 Å². The third kappa shape index (κ3) is 5.89. The summed E-state index contributed by atoms with van der Waals surface area (Å²) in [6, 6.07) is 15.5. The fourth-order valence-electron chi connectivity index (χ4n) is 3.24. The predicted molar refractivity (Wildman–Crippen MR) is 110 cm³/mol. The maximum atomic E-state index is 10.8. The number of hydrogen-bond donors (Lipinski definition) is 2. The Kier molecular flexibility index (Phi) is 6.54. The Morgan fingerprint density at radius 3 is 2.33 bits per heavy atom. The van der Waals surface area contributed by atoms with Crippen LogP contribution in [0.3, 0.4) is 0 Å². The van der Waals surface area contributed by atoms with Gasteiger partial charge in [-0.25, -0.2) is 4.79 Å². The van der Waals surface area contributed by atoms with Gasteiger partial charge in [0.15, 0.2) is 0 Å². The van der Waals surface area contributed by atoms with Crippen LogP contribution in [0.25, 0.3) is 0 Å². The fourth-order valence-corrected chi connectivity index (χ4v) is 3.24. The number of aryl methyl sites for hydroxylation is 1. The molecule has 0 radical (unpaired) electrons. The SMILES string of the molecule is Cc1ccc(N2CCN(CCCOc3ccc(NC(N)=O)cc3)CC2)cc1.